The molecule has 148 valence electrons. The zero-order valence-corrected chi connectivity index (χ0v) is 15.7. The largest absolute Gasteiger partial charge is 0.378 e. The average Bonchev–Trinajstić information content (AvgIpc) is 2.65. The first-order chi connectivity index (χ1) is 12.9. The molecule has 0 saturated carbocycles. The molecule has 1 rings (SSSR count). The topological polar surface area (TPSA) is 91.0 Å². The normalized spacial score (nSPS) is 21.2. The molecule has 0 N–H and O–H groups in total. The van der Waals surface area contributed by atoms with E-state index < -0.39 is 0 Å². The quantitative estimate of drug-likeness (QED) is 0.708. The molecule has 0 radical (unpaired) electrons. The van der Waals surface area contributed by atoms with E-state index in [2.05, 4.69) is 21.9 Å². The summed E-state index contributed by atoms with van der Waals surface area (Å²) < 4.78 is 22.5. The molecule has 8 nitrogen and oxygen atoms in total. The SMILES string of the molecule is N#CCCN1CCOCCOCCN(CCC#N)CCOCCOCC1. The van der Waals surface area contributed by atoms with E-state index in [1.54, 1.807) is 0 Å². The summed E-state index contributed by atoms with van der Waals surface area (Å²) in [5, 5.41) is 17.5. The molecular formula is C18H32N4O4. The second-order valence-electron chi connectivity index (χ2n) is 5.95. The zero-order chi connectivity index (χ0) is 18.7. The van der Waals surface area contributed by atoms with Crippen LogP contribution in [-0.2, 0) is 18.9 Å². The van der Waals surface area contributed by atoms with Crippen LogP contribution in [0.25, 0.3) is 0 Å². The molecule has 0 unspecified atom stereocenters. The molecule has 0 aliphatic carbocycles. The minimum absolute atomic E-state index is 0.508. The third-order valence-electron chi connectivity index (χ3n) is 4.03. The molecule has 0 aromatic rings. The first-order valence-electron chi connectivity index (χ1n) is 9.36. The van der Waals surface area contributed by atoms with Crippen LogP contribution in [0.4, 0.5) is 0 Å². The molecule has 0 amide bonds. The van der Waals surface area contributed by atoms with Crippen molar-refractivity contribution in [2.24, 2.45) is 0 Å². The predicted molar refractivity (Wildman–Crippen MR) is 96.6 cm³/mol. The molecule has 1 saturated heterocycles. The van der Waals surface area contributed by atoms with Crippen LogP contribution in [-0.4, -0.2) is 102 Å². The van der Waals surface area contributed by atoms with Crippen molar-refractivity contribution < 1.29 is 18.9 Å². The summed E-state index contributed by atoms with van der Waals surface area (Å²) in [5.41, 5.74) is 0. The second kappa shape index (κ2) is 17.2. The number of hydrogen-bond donors (Lipinski definition) is 0. The monoisotopic (exact) mass is 368 g/mol. The van der Waals surface area contributed by atoms with Gasteiger partial charge in [-0.2, -0.15) is 10.5 Å². The minimum atomic E-state index is 0.508. The zero-order valence-electron chi connectivity index (χ0n) is 15.7. The van der Waals surface area contributed by atoms with Gasteiger partial charge in [-0.25, -0.2) is 0 Å². The number of rotatable bonds is 4. The van der Waals surface area contributed by atoms with Crippen LogP contribution in [0.15, 0.2) is 0 Å². The minimum Gasteiger partial charge on any atom is -0.378 e. The first-order valence-corrected chi connectivity index (χ1v) is 9.36. The fourth-order valence-corrected chi connectivity index (χ4v) is 2.51. The van der Waals surface area contributed by atoms with Crippen molar-refractivity contribution in [3.63, 3.8) is 0 Å². The lowest BCUT2D eigenvalue weighted by Crippen LogP contribution is -2.33. The summed E-state index contributed by atoms with van der Waals surface area (Å²) in [5.74, 6) is 0. The van der Waals surface area contributed by atoms with Crippen LogP contribution in [0.3, 0.4) is 0 Å². The maximum absolute atomic E-state index is 8.76. The van der Waals surface area contributed by atoms with Crippen LogP contribution in [0.2, 0.25) is 0 Å². The Balaban J connectivity index is 2.34. The third-order valence-corrected chi connectivity index (χ3v) is 4.03. The summed E-state index contributed by atoms with van der Waals surface area (Å²) in [6.45, 7) is 9.29. The van der Waals surface area contributed by atoms with Crippen LogP contribution < -0.4 is 0 Å². The molecule has 0 spiro atoms. The molecule has 0 bridgehead atoms. The Morgan fingerprint density at radius 2 is 0.846 bits per heavy atom. The molecule has 8 heteroatoms. The van der Waals surface area contributed by atoms with Gasteiger partial charge in [0.15, 0.2) is 0 Å². The second-order valence-corrected chi connectivity index (χ2v) is 5.95. The van der Waals surface area contributed by atoms with Gasteiger partial charge in [-0.3, -0.25) is 9.80 Å². The van der Waals surface area contributed by atoms with Crippen molar-refractivity contribution in [2.75, 3.05) is 92.1 Å². The van der Waals surface area contributed by atoms with E-state index in [9.17, 15) is 0 Å². The van der Waals surface area contributed by atoms with E-state index in [4.69, 9.17) is 29.5 Å². The molecule has 1 aliphatic heterocycles. The van der Waals surface area contributed by atoms with Crippen LogP contribution in [0.1, 0.15) is 12.8 Å². The van der Waals surface area contributed by atoms with Gasteiger partial charge in [0.2, 0.25) is 0 Å². The van der Waals surface area contributed by atoms with E-state index in [-0.39, 0.29) is 0 Å². The van der Waals surface area contributed by atoms with Crippen molar-refractivity contribution in [3.8, 4) is 12.1 Å². The van der Waals surface area contributed by atoms with Gasteiger partial charge in [0.05, 0.1) is 65.0 Å². The number of hydrogen-bond acceptors (Lipinski definition) is 8. The molecule has 0 atom stereocenters. The Bertz CT molecular complexity index is 353. The van der Waals surface area contributed by atoms with Gasteiger partial charge in [0.25, 0.3) is 0 Å². The Hall–Kier alpha value is -1.26. The van der Waals surface area contributed by atoms with Crippen LogP contribution >= 0.6 is 0 Å². The van der Waals surface area contributed by atoms with Crippen molar-refractivity contribution in [1.82, 2.24) is 9.80 Å². The predicted octanol–water partition coefficient (Wildman–Crippen LogP) is 0.498. The fraction of sp³-hybridized carbons (Fsp3) is 0.889. The highest BCUT2D eigenvalue weighted by Crippen LogP contribution is 1.95. The summed E-state index contributed by atoms with van der Waals surface area (Å²) in [4.78, 5) is 4.36. The summed E-state index contributed by atoms with van der Waals surface area (Å²) in [6.07, 6.45) is 1.02. The van der Waals surface area contributed by atoms with Crippen LogP contribution in [0, 0.1) is 22.7 Å². The van der Waals surface area contributed by atoms with Gasteiger partial charge in [-0.1, -0.05) is 0 Å². The lowest BCUT2D eigenvalue weighted by Gasteiger charge is -2.22. The summed E-state index contributed by atoms with van der Waals surface area (Å²) >= 11 is 0. The van der Waals surface area contributed by atoms with Gasteiger partial charge < -0.3 is 18.9 Å². The van der Waals surface area contributed by atoms with Gasteiger partial charge in [0.1, 0.15) is 0 Å². The number of nitriles is 2. The maximum Gasteiger partial charge on any atom is 0.0701 e. The smallest absolute Gasteiger partial charge is 0.0701 e. The van der Waals surface area contributed by atoms with E-state index in [0.29, 0.717) is 65.7 Å². The molecule has 26 heavy (non-hydrogen) atoms. The lowest BCUT2D eigenvalue weighted by molar-refractivity contribution is 0.00856. The van der Waals surface area contributed by atoms with Gasteiger partial charge in [0, 0.05) is 52.1 Å². The standard InChI is InChI=1S/C18H32N4O4/c19-3-1-5-21-7-11-23-15-17-25-13-9-22(6-2-4-20)10-14-26-18-16-24-12-8-21/h1-2,5-18H2. The van der Waals surface area contributed by atoms with E-state index in [1.807, 2.05) is 0 Å². The molecule has 1 fully saturated rings. The van der Waals surface area contributed by atoms with Gasteiger partial charge in [-0.15, -0.1) is 0 Å². The molecule has 0 aromatic heterocycles. The van der Waals surface area contributed by atoms with Crippen molar-refractivity contribution in [1.29, 1.82) is 10.5 Å². The highest BCUT2D eigenvalue weighted by atomic mass is 16.5. The average molecular weight is 368 g/mol. The molecule has 1 heterocycles. The maximum atomic E-state index is 8.76. The number of nitrogens with zero attached hydrogens (tertiary/aromatic N) is 4. The Morgan fingerprint density at radius 3 is 1.12 bits per heavy atom. The Morgan fingerprint density at radius 1 is 0.538 bits per heavy atom. The van der Waals surface area contributed by atoms with Crippen molar-refractivity contribution in [2.45, 2.75) is 12.8 Å². The van der Waals surface area contributed by atoms with Crippen LogP contribution in [0.5, 0.6) is 0 Å². The highest BCUT2D eigenvalue weighted by molar-refractivity contribution is 4.73. The van der Waals surface area contributed by atoms with Gasteiger partial charge >= 0.3 is 0 Å². The summed E-state index contributed by atoms with van der Waals surface area (Å²) in [6, 6.07) is 4.36. The molecule has 1 aliphatic rings. The Labute approximate surface area is 157 Å². The van der Waals surface area contributed by atoms with E-state index >= 15 is 0 Å². The molecular weight excluding hydrogens is 336 g/mol. The Kier molecular flexibility index (Phi) is 15.0. The van der Waals surface area contributed by atoms with E-state index in [1.165, 1.54) is 0 Å². The molecule has 0 aromatic carbocycles. The van der Waals surface area contributed by atoms with Gasteiger partial charge in [-0.05, 0) is 0 Å². The summed E-state index contributed by atoms with van der Waals surface area (Å²) in [7, 11) is 0. The van der Waals surface area contributed by atoms with E-state index in [0.717, 1.165) is 39.3 Å². The lowest BCUT2D eigenvalue weighted by atomic mass is 10.4. The number of ether oxygens (including phenoxy) is 4. The highest BCUT2D eigenvalue weighted by Gasteiger charge is 2.07. The first kappa shape index (κ1) is 22.8. The third kappa shape index (κ3) is 13.0. The fourth-order valence-electron chi connectivity index (χ4n) is 2.51. The van der Waals surface area contributed by atoms with Crippen molar-refractivity contribution in [3.05, 3.63) is 0 Å². The van der Waals surface area contributed by atoms with Crippen molar-refractivity contribution >= 4 is 0 Å².